The van der Waals surface area contributed by atoms with Gasteiger partial charge in [0.05, 0.1) is 11.0 Å². The van der Waals surface area contributed by atoms with Crippen molar-refractivity contribution in [3.05, 3.63) is 182 Å². The number of benzene rings is 7. The highest BCUT2D eigenvalue weighted by atomic mass is 19.1. The van der Waals surface area contributed by atoms with Gasteiger partial charge in [0.2, 0.25) is 0 Å². The van der Waals surface area contributed by atoms with Crippen molar-refractivity contribution in [1.82, 2.24) is 4.57 Å². The van der Waals surface area contributed by atoms with E-state index in [4.69, 9.17) is 0 Å². The monoisotopic (exact) mass is 580 g/mol. The molecular formula is C42H29FN2. The average molecular weight is 581 g/mol. The maximum absolute atomic E-state index is 13.9. The molecule has 0 saturated heterocycles. The molecule has 0 spiro atoms. The van der Waals surface area contributed by atoms with Crippen LogP contribution in [0.4, 0.5) is 21.5 Å². The van der Waals surface area contributed by atoms with Gasteiger partial charge in [-0.3, -0.25) is 0 Å². The Labute approximate surface area is 261 Å². The highest BCUT2D eigenvalue weighted by Crippen LogP contribution is 2.42. The van der Waals surface area contributed by atoms with E-state index >= 15 is 0 Å². The maximum atomic E-state index is 13.9. The molecule has 1 aromatic heterocycles. The third-order valence-corrected chi connectivity index (χ3v) is 8.45. The van der Waals surface area contributed by atoms with Crippen LogP contribution in [-0.2, 0) is 0 Å². The predicted molar refractivity (Wildman–Crippen MR) is 186 cm³/mol. The Bertz CT molecular complexity index is 2240. The van der Waals surface area contributed by atoms with Gasteiger partial charge in [0.15, 0.2) is 0 Å². The Morgan fingerprint density at radius 3 is 1.60 bits per heavy atom. The number of rotatable bonds is 6. The van der Waals surface area contributed by atoms with Crippen molar-refractivity contribution in [3.63, 3.8) is 0 Å². The summed E-state index contributed by atoms with van der Waals surface area (Å²) in [5, 5.41) is 2.44. The van der Waals surface area contributed by atoms with Gasteiger partial charge in [-0.15, -0.1) is 0 Å². The zero-order chi connectivity index (χ0) is 30.2. The van der Waals surface area contributed by atoms with Crippen molar-refractivity contribution in [1.29, 1.82) is 0 Å². The summed E-state index contributed by atoms with van der Waals surface area (Å²) in [6.45, 7) is 0. The van der Waals surface area contributed by atoms with E-state index in [2.05, 4.69) is 143 Å². The molecule has 2 nitrogen and oxygen atoms in total. The maximum Gasteiger partial charge on any atom is 0.123 e. The van der Waals surface area contributed by atoms with E-state index < -0.39 is 0 Å². The molecule has 0 aliphatic heterocycles. The van der Waals surface area contributed by atoms with E-state index in [1.165, 1.54) is 50.6 Å². The van der Waals surface area contributed by atoms with Gasteiger partial charge in [-0.25, -0.2) is 4.39 Å². The van der Waals surface area contributed by atoms with Crippen molar-refractivity contribution in [2.24, 2.45) is 0 Å². The molecule has 0 bridgehead atoms. The first kappa shape index (κ1) is 26.7. The molecular weight excluding hydrogens is 551 g/mol. The number of fused-ring (bicyclic) bond motifs is 3. The molecule has 0 N–H and O–H groups in total. The van der Waals surface area contributed by atoms with Crippen molar-refractivity contribution in [2.75, 3.05) is 4.90 Å². The summed E-state index contributed by atoms with van der Waals surface area (Å²) >= 11 is 0. The summed E-state index contributed by atoms with van der Waals surface area (Å²) in [5.41, 5.74) is 11.0. The Balaban J connectivity index is 1.33. The highest BCUT2D eigenvalue weighted by Gasteiger charge is 2.18. The SMILES string of the molecule is Fc1ccc(N(c2ccccc2)c2ccc(-c3cc4c5ccccc5n(-c5ccccc5)c4cc3-c3ccccc3)cc2)cc1. The quantitative estimate of drug-likeness (QED) is 0.190. The number of halogens is 1. The van der Waals surface area contributed by atoms with Gasteiger partial charge in [-0.1, -0.05) is 97.1 Å². The Kier molecular flexibility index (Phi) is 6.69. The van der Waals surface area contributed by atoms with Crippen LogP contribution in [-0.4, -0.2) is 4.57 Å². The van der Waals surface area contributed by atoms with Crippen molar-refractivity contribution < 1.29 is 4.39 Å². The standard InChI is InChI=1S/C42H29FN2/c43-32-22-26-36(27-23-32)44(33-14-6-2-7-15-33)35-24-20-31(21-25-35)38-28-40-37-18-10-11-19-41(37)45(34-16-8-3-9-17-34)42(40)29-39(38)30-12-4-1-5-13-30/h1-29H. The minimum atomic E-state index is -0.250. The number of anilines is 3. The minimum absolute atomic E-state index is 0.250. The van der Waals surface area contributed by atoms with Gasteiger partial charge in [0, 0.05) is 33.5 Å². The van der Waals surface area contributed by atoms with E-state index in [0.717, 1.165) is 28.3 Å². The van der Waals surface area contributed by atoms with E-state index in [1.807, 2.05) is 30.3 Å². The van der Waals surface area contributed by atoms with E-state index in [0.29, 0.717) is 0 Å². The second-order valence-corrected chi connectivity index (χ2v) is 11.2. The molecule has 0 amide bonds. The lowest BCUT2D eigenvalue weighted by Gasteiger charge is -2.25. The minimum Gasteiger partial charge on any atom is -0.311 e. The van der Waals surface area contributed by atoms with Crippen LogP contribution in [0.1, 0.15) is 0 Å². The van der Waals surface area contributed by atoms with E-state index in [-0.39, 0.29) is 5.82 Å². The molecule has 8 rings (SSSR count). The van der Waals surface area contributed by atoms with Crippen LogP contribution in [0.25, 0.3) is 49.7 Å². The van der Waals surface area contributed by atoms with Gasteiger partial charge in [0.25, 0.3) is 0 Å². The first-order valence-corrected chi connectivity index (χ1v) is 15.1. The van der Waals surface area contributed by atoms with Gasteiger partial charge in [0.1, 0.15) is 5.82 Å². The van der Waals surface area contributed by atoms with Gasteiger partial charge < -0.3 is 9.47 Å². The number of aromatic nitrogens is 1. The molecule has 3 heteroatoms. The normalized spacial score (nSPS) is 11.2. The molecule has 0 aliphatic rings. The first-order valence-electron chi connectivity index (χ1n) is 15.1. The molecule has 0 unspecified atom stereocenters. The van der Waals surface area contributed by atoms with Crippen molar-refractivity contribution in [3.8, 4) is 27.9 Å². The predicted octanol–water partition coefficient (Wildman–Crippen LogP) is 11.7. The lowest BCUT2D eigenvalue weighted by molar-refractivity contribution is 0.628. The third-order valence-electron chi connectivity index (χ3n) is 8.45. The van der Waals surface area contributed by atoms with Crippen molar-refractivity contribution in [2.45, 2.75) is 0 Å². The number of hydrogen-bond donors (Lipinski definition) is 0. The number of hydrogen-bond acceptors (Lipinski definition) is 1. The zero-order valence-electron chi connectivity index (χ0n) is 24.5. The molecule has 0 fully saturated rings. The number of para-hydroxylation sites is 3. The Morgan fingerprint density at radius 2 is 0.911 bits per heavy atom. The molecule has 8 aromatic rings. The molecule has 214 valence electrons. The first-order chi connectivity index (χ1) is 22.2. The van der Waals surface area contributed by atoms with Gasteiger partial charge in [-0.2, -0.15) is 0 Å². The fourth-order valence-corrected chi connectivity index (χ4v) is 6.37. The van der Waals surface area contributed by atoms with Crippen LogP contribution < -0.4 is 4.90 Å². The number of nitrogens with zero attached hydrogens (tertiary/aromatic N) is 2. The smallest absolute Gasteiger partial charge is 0.123 e. The lowest BCUT2D eigenvalue weighted by atomic mass is 9.92. The molecule has 0 saturated carbocycles. The Morgan fingerprint density at radius 1 is 0.400 bits per heavy atom. The average Bonchev–Trinajstić information content (AvgIpc) is 3.44. The zero-order valence-corrected chi connectivity index (χ0v) is 24.5. The molecule has 0 aliphatic carbocycles. The summed E-state index contributed by atoms with van der Waals surface area (Å²) in [6.07, 6.45) is 0. The van der Waals surface area contributed by atoms with Crippen LogP contribution in [0.3, 0.4) is 0 Å². The highest BCUT2D eigenvalue weighted by molar-refractivity contribution is 6.12. The van der Waals surface area contributed by atoms with Crippen LogP contribution in [0, 0.1) is 5.82 Å². The fourth-order valence-electron chi connectivity index (χ4n) is 6.37. The van der Waals surface area contributed by atoms with Crippen LogP contribution in [0.2, 0.25) is 0 Å². The van der Waals surface area contributed by atoms with E-state index in [9.17, 15) is 4.39 Å². The van der Waals surface area contributed by atoms with Crippen molar-refractivity contribution >= 4 is 38.9 Å². The third kappa shape index (κ3) is 4.85. The Hall–Kier alpha value is -5.93. The molecule has 7 aromatic carbocycles. The summed E-state index contributed by atoms with van der Waals surface area (Å²) in [4.78, 5) is 2.15. The lowest BCUT2D eigenvalue weighted by Crippen LogP contribution is -2.09. The van der Waals surface area contributed by atoms with Crippen LogP contribution in [0.5, 0.6) is 0 Å². The largest absolute Gasteiger partial charge is 0.311 e. The molecule has 0 atom stereocenters. The summed E-state index contributed by atoms with van der Waals surface area (Å²) in [6, 6.07) is 60.1. The summed E-state index contributed by atoms with van der Waals surface area (Å²) in [7, 11) is 0. The molecule has 45 heavy (non-hydrogen) atoms. The second kappa shape index (κ2) is 11.3. The van der Waals surface area contributed by atoms with E-state index in [1.54, 1.807) is 0 Å². The molecule has 1 heterocycles. The summed E-state index contributed by atoms with van der Waals surface area (Å²) in [5.74, 6) is -0.250. The summed E-state index contributed by atoms with van der Waals surface area (Å²) < 4.78 is 16.2. The molecule has 0 radical (unpaired) electrons. The fraction of sp³-hybridized carbons (Fsp3) is 0. The van der Waals surface area contributed by atoms with Crippen LogP contribution >= 0.6 is 0 Å². The topological polar surface area (TPSA) is 8.17 Å². The van der Waals surface area contributed by atoms with Gasteiger partial charge in [-0.05, 0) is 101 Å². The van der Waals surface area contributed by atoms with Crippen LogP contribution in [0.15, 0.2) is 176 Å². The second-order valence-electron chi connectivity index (χ2n) is 11.2. The van der Waals surface area contributed by atoms with Gasteiger partial charge >= 0.3 is 0 Å².